The number of thioether (sulfide) groups is 1. The van der Waals surface area contributed by atoms with E-state index in [4.69, 9.17) is 0 Å². The van der Waals surface area contributed by atoms with Crippen LogP contribution < -0.4 is 10.6 Å². The Bertz CT molecular complexity index is 700. The summed E-state index contributed by atoms with van der Waals surface area (Å²) in [5.74, 6) is 0.476. The van der Waals surface area contributed by atoms with E-state index in [1.165, 1.54) is 11.3 Å². The molecule has 1 aromatic heterocycles. The number of amides is 2. The van der Waals surface area contributed by atoms with E-state index in [0.717, 1.165) is 21.5 Å². The number of hydrogen-bond donors (Lipinski definition) is 2. The summed E-state index contributed by atoms with van der Waals surface area (Å²) in [6, 6.07) is 5.47. The van der Waals surface area contributed by atoms with Crippen molar-refractivity contribution < 1.29 is 9.59 Å². The molecule has 1 aromatic carbocycles. The van der Waals surface area contributed by atoms with Gasteiger partial charge in [0.25, 0.3) is 0 Å². The lowest BCUT2D eigenvalue weighted by Crippen LogP contribution is -2.43. The number of rotatable bonds is 7. The normalized spacial score (nSPS) is 12.1. The number of aryl methyl sites for hydroxylation is 1. The maximum atomic E-state index is 12.4. The number of fused-ring (bicyclic) bond motifs is 1. The van der Waals surface area contributed by atoms with Gasteiger partial charge < -0.3 is 10.6 Å². The van der Waals surface area contributed by atoms with E-state index in [0.29, 0.717) is 18.0 Å². The molecule has 2 amide bonds. The Hall–Kier alpha value is -1.60. The van der Waals surface area contributed by atoms with Crippen LogP contribution in [0.5, 0.6) is 0 Å². The number of carbonyl (C=O) groups is 2. The Morgan fingerprint density at radius 2 is 2.17 bits per heavy atom. The maximum absolute atomic E-state index is 12.4. The first kappa shape index (κ1) is 17.7. The van der Waals surface area contributed by atoms with Crippen LogP contribution in [0.1, 0.15) is 25.3 Å². The lowest BCUT2D eigenvalue weighted by Gasteiger charge is -2.16. The van der Waals surface area contributed by atoms with Gasteiger partial charge in [-0.3, -0.25) is 9.59 Å². The second kappa shape index (κ2) is 8.31. The molecule has 0 saturated heterocycles. The molecule has 0 aliphatic rings. The molecule has 1 atom stereocenters. The zero-order valence-corrected chi connectivity index (χ0v) is 15.1. The molecule has 1 unspecified atom stereocenters. The molecule has 0 fully saturated rings. The van der Waals surface area contributed by atoms with Crippen LogP contribution in [0.3, 0.4) is 0 Å². The summed E-state index contributed by atoms with van der Waals surface area (Å²) in [5.41, 5.74) is 2.03. The second-order valence-corrected chi connectivity index (χ2v) is 7.25. The van der Waals surface area contributed by atoms with Crippen LogP contribution in [0.4, 0.5) is 5.13 Å². The summed E-state index contributed by atoms with van der Waals surface area (Å²) in [6.45, 7) is 3.80. The van der Waals surface area contributed by atoms with Crippen molar-refractivity contribution in [3.63, 3.8) is 0 Å². The number of nitrogens with one attached hydrogen (secondary N) is 2. The van der Waals surface area contributed by atoms with Crippen molar-refractivity contribution in [3.8, 4) is 0 Å². The molecule has 0 aliphatic heterocycles. The third-order valence-corrected chi connectivity index (χ3v) is 4.94. The highest BCUT2D eigenvalue weighted by Gasteiger charge is 2.21. The molecule has 2 rings (SSSR count). The van der Waals surface area contributed by atoms with Crippen molar-refractivity contribution >= 4 is 50.3 Å². The predicted octanol–water partition coefficient (Wildman–Crippen LogP) is 3.19. The Morgan fingerprint density at radius 1 is 1.39 bits per heavy atom. The van der Waals surface area contributed by atoms with E-state index >= 15 is 0 Å². The van der Waals surface area contributed by atoms with Gasteiger partial charge in [-0.15, -0.1) is 0 Å². The van der Waals surface area contributed by atoms with Crippen molar-refractivity contribution in [2.24, 2.45) is 0 Å². The Balaban J connectivity index is 2.10. The Kier molecular flexibility index (Phi) is 6.41. The fourth-order valence-corrected chi connectivity index (χ4v) is 3.52. The molecule has 0 spiro atoms. The molecule has 7 heteroatoms. The highest BCUT2D eigenvalue weighted by molar-refractivity contribution is 7.98. The van der Waals surface area contributed by atoms with E-state index in [2.05, 4.69) is 15.6 Å². The van der Waals surface area contributed by atoms with E-state index in [1.807, 2.05) is 31.4 Å². The molecule has 124 valence electrons. The molecule has 0 radical (unpaired) electrons. The zero-order valence-electron chi connectivity index (χ0n) is 13.5. The minimum Gasteiger partial charge on any atom is -0.344 e. The number of anilines is 1. The monoisotopic (exact) mass is 351 g/mol. The van der Waals surface area contributed by atoms with Gasteiger partial charge in [0, 0.05) is 6.42 Å². The summed E-state index contributed by atoms with van der Waals surface area (Å²) < 4.78 is 1.04. The fraction of sp³-hybridized carbons (Fsp3) is 0.438. The number of hydrogen-bond acceptors (Lipinski definition) is 5. The van der Waals surface area contributed by atoms with Crippen LogP contribution in [-0.4, -0.2) is 34.8 Å². The van der Waals surface area contributed by atoms with Crippen molar-refractivity contribution in [2.45, 2.75) is 32.7 Å². The number of nitrogens with zero attached hydrogens (tertiary/aromatic N) is 1. The van der Waals surface area contributed by atoms with Gasteiger partial charge in [-0.25, -0.2) is 4.98 Å². The molecule has 0 saturated carbocycles. The van der Waals surface area contributed by atoms with Crippen molar-refractivity contribution in [1.82, 2.24) is 10.3 Å². The summed E-state index contributed by atoms with van der Waals surface area (Å²) in [4.78, 5) is 28.5. The molecule has 2 aromatic rings. The molecule has 1 heterocycles. The second-order valence-electron chi connectivity index (χ2n) is 5.23. The van der Waals surface area contributed by atoms with Crippen LogP contribution in [0.25, 0.3) is 10.2 Å². The van der Waals surface area contributed by atoms with Gasteiger partial charge in [0.15, 0.2) is 5.13 Å². The molecular formula is C16H21N3O2S2. The lowest BCUT2D eigenvalue weighted by atomic mass is 10.2. The van der Waals surface area contributed by atoms with Crippen LogP contribution in [0, 0.1) is 6.92 Å². The van der Waals surface area contributed by atoms with Crippen LogP contribution in [-0.2, 0) is 9.59 Å². The summed E-state index contributed by atoms with van der Waals surface area (Å²) >= 11 is 3.09. The van der Waals surface area contributed by atoms with Crippen molar-refractivity contribution in [1.29, 1.82) is 0 Å². The van der Waals surface area contributed by atoms with E-state index in [-0.39, 0.29) is 11.8 Å². The first-order chi connectivity index (χ1) is 11.0. The van der Waals surface area contributed by atoms with Gasteiger partial charge in [-0.05, 0) is 43.0 Å². The van der Waals surface area contributed by atoms with Gasteiger partial charge >= 0.3 is 0 Å². The standard InChI is InChI=1S/C16H21N3O2S2/c1-4-14(20)17-12(7-8-22-3)15(21)19-16-18-11-6-5-10(2)9-13(11)23-16/h5-6,9,12H,4,7-8H2,1-3H3,(H,17,20)(H,18,19,21). The first-order valence-corrected chi connectivity index (χ1v) is 9.71. The molecule has 23 heavy (non-hydrogen) atoms. The lowest BCUT2D eigenvalue weighted by molar-refractivity contribution is -0.126. The highest BCUT2D eigenvalue weighted by atomic mass is 32.2. The van der Waals surface area contributed by atoms with Gasteiger partial charge in [-0.2, -0.15) is 11.8 Å². The molecule has 0 aliphatic carbocycles. The average Bonchev–Trinajstić information content (AvgIpc) is 2.92. The summed E-state index contributed by atoms with van der Waals surface area (Å²) in [7, 11) is 0. The van der Waals surface area contributed by atoms with Gasteiger partial charge in [-0.1, -0.05) is 24.3 Å². The number of benzene rings is 1. The molecule has 2 N–H and O–H groups in total. The summed E-state index contributed by atoms with van der Waals surface area (Å²) in [6.07, 6.45) is 2.94. The largest absolute Gasteiger partial charge is 0.344 e. The fourth-order valence-electron chi connectivity index (χ4n) is 2.08. The van der Waals surface area contributed by atoms with E-state index < -0.39 is 6.04 Å². The van der Waals surface area contributed by atoms with Crippen LogP contribution >= 0.6 is 23.1 Å². The number of carbonyl (C=O) groups excluding carboxylic acids is 2. The third-order valence-electron chi connectivity index (χ3n) is 3.36. The number of thiazole rings is 1. The van der Waals surface area contributed by atoms with Gasteiger partial charge in [0.1, 0.15) is 6.04 Å². The van der Waals surface area contributed by atoms with Crippen molar-refractivity contribution in [2.75, 3.05) is 17.3 Å². The average molecular weight is 351 g/mol. The smallest absolute Gasteiger partial charge is 0.248 e. The molecular weight excluding hydrogens is 330 g/mol. The Labute approximate surface area is 144 Å². The summed E-state index contributed by atoms with van der Waals surface area (Å²) in [5, 5.41) is 6.18. The molecule has 0 bridgehead atoms. The number of aromatic nitrogens is 1. The van der Waals surface area contributed by atoms with Crippen LogP contribution in [0.15, 0.2) is 18.2 Å². The minimum absolute atomic E-state index is 0.119. The zero-order chi connectivity index (χ0) is 16.8. The first-order valence-electron chi connectivity index (χ1n) is 7.49. The topological polar surface area (TPSA) is 71.1 Å². The van der Waals surface area contributed by atoms with Crippen molar-refractivity contribution in [3.05, 3.63) is 23.8 Å². The molecule has 5 nitrogen and oxygen atoms in total. The SMILES string of the molecule is CCC(=O)NC(CCSC)C(=O)Nc1nc2ccc(C)cc2s1. The quantitative estimate of drug-likeness (QED) is 0.804. The minimum atomic E-state index is -0.524. The highest BCUT2D eigenvalue weighted by Crippen LogP contribution is 2.26. The van der Waals surface area contributed by atoms with E-state index in [9.17, 15) is 9.59 Å². The van der Waals surface area contributed by atoms with Crippen LogP contribution in [0.2, 0.25) is 0 Å². The third kappa shape index (κ3) is 4.94. The van der Waals surface area contributed by atoms with Gasteiger partial charge in [0.05, 0.1) is 10.2 Å². The van der Waals surface area contributed by atoms with Gasteiger partial charge in [0.2, 0.25) is 11.8 Å². The maximum Gasteiger partial charge on any atom is 0.248 e. The van der Waals surface area contributed by atoms with E-state index in [1.54, 1.807) is 18.7 Å². The predicted molar refractivity (Wildman–Crippen MR) is 98.2 cm³/mol. The Morgan fingerprint density at radius 3 is 2.87 bits per heavy atom.